The Balaban J connectivity index is 2.34. The van der Waals surface area contributed by atoms with E-state index < -0.39 is 0 Å². The van der Waals surface area contributed by atoms with Crippen molar-refractivity contribution in [3.8, 4) is 0 Å². The van der Waals surface area contributed by atoms with Crippen molar-refractivity contribution < 1.29 is 9.18 Å². The second-order valence-electron chi connectivity index (χ2n) is 3.86. The van der Waals surface area contributed by atoms with Crippen molar-refractivity contribution in [2.24, 2.45) is 0 Å². The van der Waals surface area contributed by atoms with E-state index in [4.69, 9.17) is 5.73 Å². The Kier molecular flexibility index (Phi) is 3.51. The van der Waals surface area contributed by atoms with Crippen LogP contribution >= 0.6 is 15.9 Å². The van der Waals surface area contributed by atoms with Crippen LogP contribution in [0, 0.1) is 5.82 Å². The summed E-state index contributed by atoms with van der Waals surface area (Å²) < 4.78 is 15.5. The van der Waals surface area contributed by atoms with Gasteiger partial charge in [-0.15, -0.1) is 0 Å². The molecule has 1 heterocycles. The van der Waals surface area contributed by atoms with Gasteiger partial charge < -0.3 is 15.6 Å². The quantitative estimate of drug-likeness (QED) is 0.905. The van der Waals surface area contributed by atoms with Crippen LogP contribution in [0.5, 0.6) is 0 Å². The van der Waals surface area contributed by atoms with Crippen molar-refractivity contribution in [2.75, 3.05) is 12.3 Å². The standard InChI is InChI=1S/C11H12BrFN4O/c1-6(18)15-2-3-17-10-5-8(13)7(12)4-9(10)16-11(17)14/h4-5H,2-3H2,1H3,(H2,14,16)(H,15,18). The fraction of sp³-hybridized carbons (Fsp3) is 0.273. The highest BCUT2D eigenvalue weighted by molar-refractivity contribution is 9.10. The molecule has 0 atom stereocenters. The molecular formula is C11H12BrFN4O. The lowest BCUT2D eigenvalue weighted by Gasteiger charge is -2.07. The Morgan fingerprint density at radius 3 is 3.00 bits per heavy atom. The SMILES string of the molecule is CC(=O)NCCn1c(N)nc2cc(Br)c(F)cc21. The van der Waals surface area contributed by atoms with E-state index in [2.05, 4.69) is 26.2 Å². The van der Waals surface area contributed by atoms with E-state index >= 15 is 0 Å². The third-order valence-corrected chi connectivity index (χ3v) is 3.14. The van der Waals surface area contributed by atoms with Crippen LogP contribution in [-0.2, 0) is 11.3 Å². The number of rotatable bonds is 3. The molecule has 18 heavy (non-hydrogen) atoms. The summed E-state index contributed by atoms with van der Waals surface area (Å²) in [5, 5.41) is 2.66. The van der Waals surface area contributed by atoms with E-state index in [1.807, 2.05) is 0 Å². The van der Waals surface area contributed by atoms with Gasteiger partial charge in [0, 0.05) is 26.1 Å². The first-order chi connectivity index (χ1) is 8.49. The minimum atomic E-state index is -0.372. The number of halogens is 2. The minimum Gasteiger partial charge on any atom is -0.369 e. The summed E-state index contributed by atoms with van der Waals surface area (Å²) in [5.74, 6) is -0.192. The highest BCUT2D eigenvalue weighted by atomic mass is 79.9. The number of nitrogens with one attached hydrogen (secondary N) is 1. The lowest BCUT2D eigenvalue weighted by atomic mass is 10.3. The zero-order chi connectivity index (χ0) is 13.3. The monoisotopic (exact) mass is 314 g/mol. The predicted molar refractivity (Wildman–Crippen MR) is 70.5 cm³/mol. The molecular weight excluding hydrogens is 303 g/mol. The van der Waals surface area contributed by atoms with Crippen molar-refractivity contribution in [1.82, 2.24) is 14.9 Å². The lowest BCUT2D eigenvalue weighted by molar-refractivity contribution is -0.118. The maximum absolute atomic E-state index is 13.5. The van der Waals surface area contributed by atoms with Crippen molar-refractivity contribution in [1.29, 1.82) is 0 Å². The van der Waals surface area contributed by atoms with Crippen LogP contribution in [0.25, 0.3) is 11.0 Å². The molecule has 0 fully saturated rings. The van der Waals surface area contributed by atoms with E-state index in [0.717, 1.165) is 0 Å². The molecule has 2 aromatic rings. The number of benzene rings is 1. The van der Waals surface area contributed by atoms with Gasteiger partial charge in [-0.2, -0.15) is 0 Å². The molecule has 7 heteroatoms. The molecule has 0 aliphatic carbocycles. The topological polar surface area (TPSA) is 72.9 Å². The Morgan fingerprint density at radius 1 is 1.61 bits per heavy atom. The van der Waals surface area contributed by atoms with Gasteiger partial charge in [-0.05, 0) is 22.0 Å². The van der Waals surface area contributed by atoms with Gasteiger partial charge in [0.1, 0.15) is 5.82 Å². The van der Waals surface area contributed by atoms with Crippen molar-refractivity contribution in [3.63, 3.8) is 0 Å². The fourth-order valence-corrected chi connectivity index (χ4v) is 2.05. The highest BCUT2D eigenvalue weighted by Crippen LogP contribution is 2.24. The second kappa shape index (κ2) is 4.93. The zero-order valence-corrected chi connectivity index (χ0v) is 11.3. The van der Waals surface area contributed by atoms with E-state index in [1.165, 1.54) is 13.0 Å². The number of amides is 1. The number of carbonyl (C=O) groups is 1. The highest BCUT2D eigenvalue weighted by Gasteiger charge is 2.11. The summed E-state index contributed by atoms with van der Waals surface area (Å²) in [6.07, 6.45) is 0. The molecule has 96 valence electrons. The Bertz CT molecular complexity index is 611. The maximum Gasteiger partial charge on any atom is 0.216 e. The van der Waals surface area contributed by atoms with Crippen LogP contribution in [0.3, 0.4) is 0 Å². The van der Waals surface area contributed by atoms with E-state index in [0.29, 0.717) is 34.5 Å². The molecule has 1 amide bonds. The molecule has 0 aliphatic heterocycles. The first kappa shape index (κ1) is 12.8. The van der Waals surface area contributed by atoms with E-state index in [-0.39, 0.29) is 11.7 Å². The number of fused-ring (bicyclic) bond motifs is 1. The average molecular weight is 315 g/mol. The van der Waals surface area contributed by atoms with Gasteiger partial charge in [0.05, 0.1) is 15.5 Å². The van der Waals surface area contributed by atoms with Crippen LogP contribution in [-0.4, -0.2) is 22.0 Å². The largest absolute Gasteiger partial charge is 0.369 e. The number of hydrogen-bond donors (Lipinski definition) is 2. The molecule has 0 aliphatic rings. The molecule has 0 saturated heterocycles. The molecule has 0 spiro atoms. The van der Waals surface area contributed by atoms with Crippen LogP contribution in [0.1, 0.15) is 6.92 Å². The van der Waals surface area contributed by atoms with Gasteiger partial charge in [0.2, 0.25) is 11.9 Å². The molecule has 3 N–H and O–H groups in total. The van der Waals surface area contributed by atoms with Gasteiger partial charge in [0.25, 0.3) is 0 Å². The molecule has 0 bridgehead atoms. The van der Waals surface area contributed by atoms with Crippen LogP contribution in [0.4, 0.5) is 10.3 Å². The molecule has 5 nitrogen and oxygen atoms in total. The fourth-order valence-electron chi connectivity index (χ4n) is 1.72. The molecule has 0 radical (unpaired) electrons. The van der Waals surface area contributed by atoms with Crippen molar-refractivity contribution in [3.05, 3.63) is 22.4 Å². The van der Waals surface area contributed by atoms with Crippen molar-refractivity contribution >= 4 is 38.8 Å². The first-order valence-corrected chi connectivity index (χ1v) is 6.13. The van der Waals surface area contributed by atoms with Gasteiger partial charge in [-0.1, -0.05) is 0 Å². The Labute approximate surface area is 111 Å². The first-order valence-electron chi connectivity index (χ1n) is 5.34. The molecule has 2 rings (SSSR count). The summed E-state index contributed by atoms with van der Waals surface area (Å²) in [6, 6.07) is 2.95. The van der Waals surface area contributed by atoms with Gasteiger partial charge in [0.15, 0.2) is 0 Å². The normalized spacial score (nSPS) is 10.8. The average Bonchev–Trinajstić information content (AvgIpc) is 2.56. The molecule has 0 unspecified atom stereocenters. The summed E-state index contributed by atoms with van der Waals surface area (Å²) in [5.41, 5.74) is 7.00. The van der Waals surface area contributed by atoms with Crippen LogP contribution in [0.15, 0.2) is 16.6 Å². The summed E-state index contributed by atoms with van der Waals surface area (Å²) >= 11 is 3.10. The van der Waals surface area contributed by atoms with Crippen LogP contribution < -0.4 is 11.1 Å². The molecule has 1 aromatic heterocycles. The van der Waals surface area contributed by atoms with Crippen molar-refractivity contribution in [2.45, 2.75) is 13.5 Å². The number of aromatic nitrogens is 2. The Morgan fingerprint density at radius 2 is 2.33 bits per heavy atom. The third-order valence-electron chi connectivity index (χ3n) is 2.53. The number of nitrogens with zero attached hydrogens (tertiary/aromatic N) is 2. The minimum absolute atomic E-state index is 0.119. The number of nitrogens with two attached hydrogens (primary N) is 1. The third kappa shape index (κ3) is 2.45. The lowest BCUT2D eigenvalue weighted by Crippen LogP contribution is -2.24. The van der Waals surface area contributed by atoms with Gasteiger partial charge in [-0.25, -0.2) is 9.37 Å². The van der Waals surface area contributed by atoms with Gasteiger partial charge >= 0.3 is 0 Å². The number of imidazole rings is 1. The predicted octanol–water partition coefficient (Wildman–Crippen LogP) is 1.66. The second-order valence-corrected chi connectivity index (χ2v) is 4.71. The number of carbonyl (C=O) groups excluding carboxylic acids is 1. The number of nitrogen functional groups attached to an aromatic ring is 1. The van der Waals surface area contributed by atoms with E-state index in [1.54, 1.807) is 10.6 Å². The summed E-state index contributed by atoms with van der Waals surface area (Å²) in [7, 11) is 0. The zero-order valence-electron chi connectivity index (χ0n) is 9.70. The molecule has 0 saturated carbocycles. The summed E-state index contributed by atoms with van der Waals surface area (Å²) in [4.78, 5) is 14.9. The Hall–Kier alpha value is -1.63. The maximum atomic E-state index is 13.5. The van der Waals surface area contributed by atoms with Gasteiger partial charge in [-0.3, -0.25) is 4.79 Å². The number of anilines is 1. The number of hydrogen-bond acceptors (Lipinski definition) is 3. The summed E-state index contributed by atoms with van der Waals surface area (Å²) in [6.45, 7) is 2.30. The van der Waals surface area contributed by atoms with E-state index in [9.17, 15) is 9.18 Å². The molecule has 1 aromatic carbocycles. The van der Waals surface area contributed by atoms with Crippen LogP contribution in [0.2, 0.25) is 0 Å². The smallest absolute Gasteiger partial charge is 0.216 e.